The Labute approximate surface area is 108 Å². The van der Waals surface area contributed by atoms with Gasteiger partial charge in [0.2, 0.25) is 0 Å². The van der Waals surface area contributed by atoms with Gasteiger partial charge < -0.3 is 10.0 Å². The summed E-state index contributed by atoms with van der Waals surface area (Å²) in [5.74, 6) is 0. The second kappa shape index (κ2) is 5.38. The van der Waals surface area contributed by atoms with Crippen LogP contribution in [0.3, 0.4) is 0 Å². The zero-order chi connectivity index (χ0) is 12.3. The van der Waals surface area contributed by atoms with Crippen molar-refractivity contribution in [1.29, 1.82) is 0 Å². The van der Waals surface area contributed by atoms with Crippen LogP contribution in [0.1, 0.15) is 25.3 Å². The predicted octanol–water partition coefficient (Wildman–Crippen LogP) is 2.73. The number of hydrogen-bond donors (Lipinski definition) is 1. The Balaban J connectivity index is 1.96. The summed E-state index contributed by atoms with van der Waals surface area (Å²) in [4.78, 5) is 2.39. The number of nitrogens with zero attached hydrogens (tertiary/aromatic N) is 1. The smallest absolute Gasteiger partial charge is 0.0712 e. The SMILES string of the molecule is CCN1CCC(O)(Cc2ccc(Cl)cc2)CC1. The highest BCUT2D eigenvalue weighted by molar-refractivity contribution is 6.30. The van der Waals surface area contributed by atoms with Crippen molar-refractivity contribution in [2.45, 2.75) is 31.8 Å². The fourth-order valence-corrected chi connectivity index (χ4v) is 2.57. The first-order valence-corrected chi connectivity index (χ1v) is 6.68. The van der Waals surface area contributed by atoms with E-state index < -0.39 is 5.60 Å². The lowest BCUT2D eigenvalue weighted by atomic mass is 9.85. The molecule has 1 aromatic rings. The zero-order valence-electron chi connectivity index (χ0n) is 10.3. The maximum Gasteiger partial charge on any atom is 0.0712 e. The molecule has 1 aliphatic rings. The van der Waals surface area contributed by atoms with Crippen LogP contribution in [0.25, 0.3) is 0 Å². The van der Waals surface area contributed by atoms with Gasteiger partial charge in [0.05, 0.1) is 5.60 Å². The summed E-state index contributed by atoms with van der Waals surface area (Å²) in [6.45, 7) is 5.25. The van der Waals surface area contributed by atoms with Crippen molar-refractivity contribution in [1.82, 2.24) is 4.90 Å². The first-order valence-electron chi connectivity index (χ1n) is 6.30. The van der Waals surface area contributed by atoms with Crippen molar-refractivity contribution in [3.63, 3.8) is 0 Å². The molecule has 1 saturated heterocycles. The Morgan fingerprint density at radius 3 is 2.35 bits per heavy atom. The molecule has 0 aromatic heterocycles. The van der Waals surface area contributed by atoms with E-state index in [1.807, 2.05) is 24.3 Å². The molecule has 0 aliphatic carbocycles. The van der Waals surface area contributed by atoms with Gasteiger partial charge in [-0.05, 0) is 37.1 Å². The quantitative estimate of drug-likeness (QED) is 0.896. The topological polar surface area (TPSA) is 23.5 Å². The van der Waals surface area contributed by atoms with E-state index in [9.17, 15) is 5.11 Å². The molecule has 0 unspecified atom stereocenters. The molecule has 0 radical (unpaired) electrons. The Hall–Kier alpha value is -0.570. The van der Waals surface area contributed by atoms with Crippen LogP contribution in [0, 0.1) is 0 Å². The van der Waals surface area contributed by atoms with Crippen LogP contribution in [0.2, 0.25) is 5.02 Å². The standard InChI is InChI=1S/C14H20ClNO/c1-2-16-9-7-14(17,8-10-16)11-12-3-5-13(15)6-4-12/h3-6,17H,2,7-11H2,1H3. The number of piperidine rings is 1. The Morgan fingerprint density at radius 2 is 1.82 bits per heavy atom. The van der Waals surface area contributed by atoms with Gasteiger partial charge in [-0.3, -0.25) is 0 Å². The second-order valence-electron chi connectivity index (χ2n) is 4.96. The summed E-state index contributed by atoms with van der Waals surface area (Å²) in [6, 6.07) is 7.79. The molecule has 94 valence electrons. The highest BCUT2D eigenvalue weighted by Crippen LogP contribution is 2.26. The third kappa shape index (κ3) is 3.44. The molecule has 2 nitrogen and oxygen atoms in total. The molecule has 0 spiro atoms. The van der Waals surface area contributed by atoms with Crippen molar-refractivity contribution >= 4 is 11.6 Å². The van der Waals surface area contributed by atoms with Gasteiger partial charge in [-0.1, -0.05) is 30.7 Å². The summed E-state index contributed by atoms with van der Waals surface area (Å²) < 4.78 is 0. The summed E-state index contributed by atoms with van der Waals surface area (Å²) >= 11 is 5.86. The first-order chi connectivity index (χ1) is 8.11. The fourth-order valence-electron chi connectivity index (χ4n) is 2.44. The van der Waals surface area contributed by atoms with E-state index in [2.05, 4.69) is 11.8 Å². The van der Waals surface area contributed by atoms with Crippen molar-refractivity contribution in [3.05, 3.63) is 34.9 Å². The molecule has 17 heavy (non-hydrogen) atoms. The van der Waals surface area contributed by atoms with Crippen LogP contribution in [0.15, 0.2) is 24.3 Å². The molecular weight excluding hydrogens is 234 g/mol. The average Bonchev–Trinajstić information content (AvgIpc) is 2.33. The van der Waals surface area contributed by atoms with E-state index in [0.717, 1.165) is 43.9 Å². The molecular formula is C14H20ClNO. The van der Waals surface area contributed by atoms with E-state index in [0.29, 0.717) is 0 Å². The molecule has 0 atom stereocenters. The molecule has 1 fully saturated rings. The molecule has 1 aromatic carbocycles. The normalized spacial score (nSPS) is 20.4. The summed E-state index contributed by atoms with van der Waals surface area (Å²) in [7, 11) is 0. The van der Waals surface area contributed by atoms with Crippen molar-refractivity contribution < 1.29 is 5.11 Å². The summed E-state index contributed by atoms with van der Waals surface area (Å²) in [5, 5.41) is 11.3. The van der Waals surface area contributed by atoms with Crippen LogP contribution in [0.4, 0.5) is 0 Å². The van der Waals surface area contributed by atoms with Crippen LogP contribution < -0.4 is 0 Å². The lowest BCUT2D eigenvalue weighted by molar-refractivity contribution is -0.0194. The Morgan fingerprint density at radius 1 is 1.24 bits per heavy atom. The van der Waals surface area contributed by atoms with Crippen molar-refractivity contribution in [2.24, 2.45) is 0 Å². The van der Waals surface area contributed by atoms with Crippen molar-refractivity contribution in [2.75, 3.05) is 19.6 Å². The molecule has 0 saturated carbocycles. The number of benzene rings is 1. The van der Waals surface area contributed by atoms with Crippen LogP contribution in [-0.2, 0) is 6.42 Å². The number of halogens is 1. The van der Waals surface area contributed by atoms with Gasteiger partial charge in [0.1, 0.15) is 0 Å². The molecule has 1 aliphatic heterocycles. The molecule has 1 heterocycles. The zero-order valence-corrected chi connectivity index (χ0v) is 11.1. The summed E-state index contributed by atoms with van der Waals surface area (Å²) in [6.07, 6.45) is 2.47. The van der Waals surface area contributed by atoms with Crippen LogP contribution in [-0.4, -0.2) is 35.2 Å². The minimum atomic E-state index is -0.528. The third-order valence-corrected chi connectivity index (χ3v) is 3.93. The van der Waals surface area contributed by atoms with Crippen LogP contribution >= 0.6 is 11.6 Å². The maximum absolute atomic E-state index is 10.5. The third-order valence-electron chi connectivity index (χ3n) is 3.68. The van der Waals surface area contributed by atoms with Crippen LogP contribution in [0.5, 0.6) is 0 Å². The van der Waals surface area contributed by atoms with Gasteiger partial charge >= 0.3 is 0 Å². The van der Waals surface area contributed by atoms with Gasteiger partial charge in [0, 0.05) is 24.5 Å². The van der Waals surface area contributed by atoms with E-state index >= 15 is 0 Å². The van der Waals surface area contributed by atoms with Gasteiger partial charge in [0.15, 0.2) is 0 Å². The van der Waals surface area contributed by atoms with Gasteiger partial charge in [-0.2, -0.15) is 0 Å². The Kier molecular flexibility index (Phi) is 4.08. The minimum absolute atomic E-state index is 0.528. The van der Waals surface area contributed by atoms with Gasteiger partial charge in [-0.15, -0.1) is 0 Å². The van der Waals surface area contributed by atoms with Crippen molar-refractivity contribution in [3.8, 4) is 0 Å². The Bertz CT molecular complexity index is 355. The van der Waals surface area contributed by atoms with E-state index in [4.69, 9.17) is 11.6 Å². The molecule has 2 rings (SSSR count). The van der Waals surface area contributed by atoms with E-state index in [1.165, 1.54) is 5.56 Å². The van der Waals surface area contributed by atoms with E-state index in [-0.39, 0.29) is 0 Å². The largest absolute Gasteiger partial charge is 0.389 e. The molecule has 0 amide bonds. The fraction of sp³-hybridized carbons (Fsp3) is 0.571. The first kappa shape index (κ1) is 12.9. The average molecular weight is 254 g/mol. The number of aliphatic hydroxyl groups is 1. The van der Waals surface area contributed by atoms with Gasteiger partial charge in [-0.25, -0.2) is 0 Å². The molecule has 3 heteroatoms. The minimum Gasteiger partial charge on any atom is -0.389 e. The maximum atomic E-state index is 10.5. The predicted molar refractivity (Wildman–Crippen MR) is 71.5 cm³/mol. The van der Waals surface area contributed by atoms with E-state index in [1.54, 1.807) is 0 Å². The monoisotopic (exact) mass is 253 g/mol. The lowest BCUT2D eigenvalue weighted by Crippen LogP contribution is -2.45. The van der Waals surface area contributed by atoms with Gasteiger partial charge in [0.25, 0.3) is 0 Å². The lowest BCUT2D eigenvalue weighted by Gasteiger charge is -2.38. The highest BCUT2D eigenvalue weighted by atomic mass is 35.5. The summed E-state index contributed by atoms with van der Waals surface area (Å²) in [5.41, 5.74) is 0.640. The number of hydrogen-bond acceptors (Lipinski definition) is 2. The number of rotatable bonds is 3. The molecule has 0 bridgehead atoms. The molecule has 1 N–H and O–H groups in total. The number of likely N-dealkylation sites (tertiary alicyclic amines) is 1. The highest BCUT2D eigenvalue weighted by Gasteiger charge is 2.31. The second-order valence-corrected chi connectivity index (χ2v) is 5.40.